The van der Waals surface area contributed by atoms with Crippen LogP contribution in [-0.2, 0) is 0 Å². The van der Waals surface area contributed by atoms with Gasteiger partial charge in [-0.3, -0.25) is 9.78 Å². The first kappa shape index (κ1) is 15.7. The number of amides is 1. The molecule has 2 aromatic heterocycles. The minimum atomic E-state index is -0.114. The molecule has 1 aliphatic carbocycles. The van der Waals surface area contributed by atoms with Crippen LogP contribution in [-0.4, -0.2) is 22.4 Å². The zero-order valence-corrected chi connectivity index (χ0v) is 13.7. The summed E-state index contributed by atoms with van der Waals surface area (Å²) < 4.78 is 0. The fourth-order valence-corrected chi connectivity index (χ4v) is 3.27. The molecule has 0 atom stereocenters. The van der Waals surface area contributed by atoms with Gasteiger partial charge in [0.2, 0.25) is 0 Å². The van der Waals surface area contributed by atoms with Crippen LogP contribution in [0.25, 0.3) is 0 Å². The van der Waals surface area contributed by atoms with Gasteiger partial charge in [0.1, 0.15) is 5.69 Å². The van der Waals surface area contributed by atoms with E-state index >= 15 is 0 Å². The second-order valence-corrected chi connectivity index (χ2v) is 6.38. The molecule has 0 aliphatic heterocycles. The fraction of sp³-hybridized carbons (Fsp3) is 0.353. The van der Waals surface area contributed by atoms with Crippen LogP contribution < -0.4 is 10.6 Å². The molecule has 23 heavy (non-hydrogen) atoms. The topological polar surface area (TPSA) is 66.9 Å². The summed E-state index contributed by atoms with van der Waals surface area (Å²) >= 11 is 1.41. The molecule has 5 nitrogen and oxygen atoms in total. The third kappa shape index (κ3) is 4.63. The van der Waals surface area contributed by atoms with Crippen molar-refractivity contribution in [1.29, 1.82) is 0 Å². The van der Waals surface area contributed by atoms with Crippen molar-refractivity contribution in [3.8, 4) is 0 Å². The van der Waals surface area contributed by atoms with Crippen molar-refractivity contribution in [2.24, 2.45) is 0 Å². The second-order valence-electron chi connectivity index (χ2n) is 5.52. The minimum Gasteiger partial charge on any atom is -0.350 e. The Hall–Kier alpha value is -2.21. The van der Waals surface area contributed by atoms with Crippen LogP contribution in [0.2, 0.25) is 0 Å². The van der Waals surface area contributed by atoms with E-state index in [0.29, 0.717) is 17.4 Å². The van der Waals surface area contributed by atoms with Crippen molar-refractivity contribution < 1.29 is 4.79 Å². The lowest BCUT2D eigenvalue weighted by atomic mass is 9.97. The van der Waals surface area contributed by atoms with E-state index in [-0.39, 0.29) is 5.91 Å². The van der Waals surface area contributed by atoms with Crippen LogP contribution in [0.15, 0.2) is 41.6 Å². The van der Waals surface area contributed by atoms with Gasteiger partial charge in [-0.05, 0) is 44.2 Å². The quantitative estimate of drug-likeness (QED) is 0.789. The van der Waals surface area contributed by atoms with E-state index in [2.05, 4.69) is 26.7 Å². The number of aromatic nitrogens is 2. The van der Waals surface area contributed by atoms with E-state index < -0.39 is 0 Å². The predicted molar refractivity (Wildman–Crippen MR) is 93.1 cm³/mol. The molecular weight excluding hydrogens is 308 g/mol. The summed E-state index contributed by atoms with van der Waals surface area (Å²) in [6.07, 6.45) is 11.6. The standard InChI is InChI=1S/C17H20N4OS/c22-16(19-10-8-13-5-2-1-3-6-13)15-12-23-17(21-15)20-14-7-4-9-18-11-14/h4-5,7,9,11-12H,1-3,6,8,10H2,(H,19,22)(H,20,21). The molecule has 0 aromatic carbocycles. The van der Waals surface area contributed by atoms with Crippen molar-refractivity contribution in [2.45, 2.75) is 32.1 Å². The van der Waals surface area contributed by atoms with Crippen LogP contribution in [0.5, 0.6) is 0 Å². The number of carbonyl (C=O) groups is 1. The molecule has 2 aromatic rings. The first-order chi connectivity index (χ1) is 11.3. The highest BCUT2D eigenvalue weighted by Gasteiger charge is 2.11. The monoisotopic (exact) mass is 328 g/mol. The molecular formula is C17H20N4OS. The summed E-state index contributed by atoms with van der Waals surface area (Å²) in [4.78, 5) is 20.5. The van der Waals surface area contributed by atoms with Gasteiger partial charge in [0, 0.05) is 18.1 Å². The predicted octanol–water partition coefficient (Wildman–Crippen LogP) is 3.90. The Morgan fingerprint density at radius 2 is 2.30 bits per heavy atom. The largest absolute Gasteiger partial charge is 0.350 e. The van der Waals surface area contributed by atoms with E-state index in [4.69, 9.17) is 0 Å². The third-order valence-corrected chi connectivity index (χ3v) is 4.52. The highest BCUT2D eigenvalue weighted by Crippen LogP contribution is 2.21. The zero-order chi connectivity index (χ0) is 15.9. The number of nitrogens with zero attached hydrogens (tertiary/aromatic N) is 2. The average molecular weight is 328 g/mol. The second kappa shape index (κ2) is 7.87. The molecule has 0 bridgehead atoms. The fourth-order valence-electron chi connectivity index (χ4n) is 2.55. The number of rotatable bonds is 6. The lowest BCUT2D eigenvalue weighted by molar-refractivity contribution is 0.0950. The molecule has 1 amide bonds. The summed E-state index contributed by atoms with van der Waals surface area (Å²) in [5.41, 5.74) is 2.78. The molecule has 0 unspecified atom stereocenters. The van der Waals surface area contributed by atoms with Gasteiger partial charge >= 0.3 is 0 Å². The summed E-state index contributed by atoms with van der Waals surface area (Å²) in [5, 5.41) is 8.55. The number of carbonyl (C=O) groups excluding carboxylic acids is 1. The first-order valence-corrected chi connectivity index (χ1v) is 8.78. The maximum absolute atomic E-state index is 12.1. The molecule has 3 rings (SSSR count). The first-order valence-electron chi connectivity index (χ1n) is 7.90. The lowest BCUT2D eigenvalue weighted by Crippen LogP contribution is -2.25. The minimum absolute atomic E-state index is 0.114. The van der Waals surface area contributed by atoms with Gasteiger partial charge in [0.15, 0.2) is 5.13 Å². The molecule has 2 heterocycles. The van der Waals surface area contributed by atoms with Crippen LogP contribution >= 0.6 is 11.3 Å². The van der Waals surface area contributed by atoms with Crippen molar-refractivity contribution in [3.05, 3.63) is 47.2 Å². The average Bonchev–Trinajstić information content (AvgIpc) is 3.05. The Morgan fingerprint density at radius 3 is 3.09 bits per heavy atom. The Bertz CT molecular complexity index is 681. The third-order valence-electron chi connectivity index (χ3n) is 3.77. The van der Waals surface area contributed by atoms with Crippen LogP contribution in [0.4, 0.5) is 10.8 Å². The van der Waals surface area contributed by atoms with Gasteiger partial charge in [-0.1, -0.05) is 11.6 Å². The van der Waals surface area contributed by atoms with E-state index in [1.807, 2.05) is 12.1 Å². The number of allylic oxidation sites excluding steroid dienone is 1. The highest BCUT2D eigenvalue weighted by molar-refractivity contribution is 7.14. The molecule has 1 aliphatic rings. The van der Waals surface area contributed by atoms with Crippen molar-refractivity contribution in [1.82, 2.24) is 15.3 Å². The zero-order valence-electron chi connectivity index (χ0n) is 12.9. The SMILES string of the molecule is O=C(NCCC1=CCCCC1)c1csc(Nc2cccnc2)n1. The molecule has 2 N–H and O–H groups in total. The molecule has 0 spiro atoms. The van der Waals surface area contributed by atoms with Crippen molar-refractivity contribution in [2.75, 3.05) is 11.9 Å². The number of nitrogens with one attached hydrogen (secondary N) is 2. The number of hydrogen-bond donors (Lipinski definition) is 2. The molecule has 0 saturated carbocycles. The summed E-state index contributed by atoms with van der Waals surface area (Å²) in [7, 11) is 0. The van der Waals surface area contributed by atoms with Crippen LogP contribution in [0, 0.1) is 0 Å². The maximum Gasteiger partial charge on any atom is 0.270 e. The number of anilines is 2. The maximum atomic E-state index is 12.1. The van der Waals surface area contributed by atoms with E-state index in [1.54, 1.807) is 17.8 Å². The number of hydrogen-bond acceptors (Lipinski definition) is 5. The molecule has 0 radical (unpaired) electrons. The smallest absolute Gasteiger partial charge is 0.270 e. The Morgan fingerprint density at radius 1 is 1.35 bits per heavy atom. The van der Waals surface area contributed by atoms with E-state index in [1.165, 1.54) is 42.6 Å². The van der Waals surface area contributed by atoms with Gasteiger partial charge in [-0.25, -0.2) is 4.98 Å². The summed E-state index contributed by atoms with van der Waals surface area (Å²) in [6.45, 7) is 0.674. The molecule has 0 fully saturated rings. The Balaban J connectivity index is 1.49. The summed E-state index contributed by atoms with van der Waals surface area (Å²) in [6, 6.07) is 3.76. The number of pyridine rings is 1. The van der Waals surface area contributed by atoms with E-state index in [9.17, 15) is 4.79 Å². The van der Waals surface area contributed by atoms with Gasteiger partial charge in [-0.2, -0.15) is 0 Å². The van der Waals surface area contributed by atoms with Gasteiger partial charge in [0.25, 0.3) is 5.91 Å². The van der Waals surface area contributed by atoms with Gasteiger partial charge in [0.05, 0.1) is 11.9 Å². The van der Waals surface area contributed by atoms with Crippen molar-refractivity contribution in [3.63, 3.8) is 0 Å². The van der Waals surface area contributed by atoms with Crippen LogP contribution in [0.1, 0.15) is 42.6 Å². The number of thiazole rings is 1. The van der Waals surface area contributed by atoms with Gasteiger partial charge in [-0.15, -0.1) is 11.3 Å². The molecule has 0 saturated heterocycles. The Labute approximate surface area is 139 Å². The molecule has 6 heteroatoms. The lowest BCUT2D eigenvalue weighted by Gasteiger charge is -2.12. The van der Waals surface area contributed by atoms with Crippen molar-refractivity contribution >= 4 is 28.1 Å². The highest BCUT2D eigenvalue weighted by atomic mass is 32.1. The van der Waals surface area contributed by atoms with Crippen LogP contribution in [0.3, 0.4) is 0 Å². The summed E-state index contributed by atoms with van der Waals surface area (Å²) in [5.74, 6) is -0.114. The Kier molecular flexibility index (Phi) is 5.37. The van der Waals surface area contributed by atoms with E-state index in [0.717, 1.165) is 12.1 Å². The van der Waals surface area contributed by atoms with Gasteiger partial charge < -0.3 is 10.6 Å². The molecule has 120 valence electrons. The normalized spacial score (nSPS) is 14.2.